The van der Waals surface area contributed by atoms with E-state index in [0.717, 1.165) is 0 Å². The highest BCUT2D eigenvalue weighted by Gasteiger charge is 2.09. The van der Waals surface area contributed by atoms with Crippen molar-refractivity contribution in [3.05, 3.63) is 67.2 Å². The van der Waals surface area contributed by atoms with Crippen LogP contribution < -0.4 is 11.1 Å². The van der Waals surface area contributed by atoms with E-state index >= 15 is 0 Å². The molecule has 98 valence electrons. The van der Waals surface area contributed by atoms with Crippen LogP contribution in [0, 0.1) is 10.1 Å². The van der Waals surface area contributed by atoms with Crippen LogP contribution in [-0.4, -0.2) is 14.3 Å². The molecule has 2 aromatic rings. The number of hydrogen-bond acceptors (Lipinski definition) is 4. The van der Waals surface area contributed by atoms with Crippen LogP contribution in [0.25, 0.3) is 5.69 Å². The molecule has 0 amide bonds. The Morgan fingerprint density at radius 2 is 1.63 bits per heavy atom. The molecule has 1 aromatic heterocycles. The fourth-order valence-electron chi connectivity index (χ4n) is 1.80. The van der Waals surface area contributed by atoms with E-state index in [0.29, 0.717) is 12.2 Å². The molecule has 7 nitrogen and oxygen atoms in total. The van der Waals surface area contributed by atoms with Crippen molar-refractivity contribution in [3.8, 4) is 5.69 Å². The largest absolute Gasteiger partial charge is 0.270 e. The second kappa shape index (κ2) is 4.89. The van der Waals surface area contributed by atoms with E-state index in [9.17, 15) is 19.7 Å². The standard InChI is InChI=1S/C12H11N3O4/c1-2-13-11(16)7-8-12(17)14(13)9-3-5-10(6-4-9)15(18)19/h3-8H,2H2,1H3. The van der Waals surface area contributed by atoms with E-state index in [-0.39, 0.29) is 16.8 Å². The Bertz CT molecular complexity index is 728. The van der Waals surface area contributed by atoms with E-state index < -0.39 is 4.92 Å². The molecule has 0 radical (unpaired) electrons. The zero-order valence-electron chi connectivity index (χ0n) is 10.1. The van der Waals surface area contributed by atoms with Gasteiger partial charge in [0, 0.05) is 30.8 Å². The normalized spacial score (nSPS) is 10.4. The summed E-state index contributed by atoms with van der Waals surface area (Å²) in [4.78, 5) is 33.6. The van der Waals surface area contributed by atoms with E-state index in [1.807, 2.05) is 0 Å². The number of aromatic nitrogens is 2. The molecule has 19 heavy (non-hydrogen) atoms. The highest BCUT2D eigenvalue weighted by atomic mass is 16.6. The summed E-state index contributed by atoms with van der Waals surface area (Å²) in [5, 5.41) is 10.6. The first-order valence-electron chi connectivity index (χ1n) is 5.62. The summed E-state index contributed by atoms with van der Waals surface area (Å²) in [5.41, 5.74) is -0.330. The van der Waals surface area contributed by atoms with Crippen LogP contribution >= 0.6 is 0 Å². The lowest BCUT2D eigenvalue weighted by molar-refractivity contribution is -0.384. The Hall–Kier alpha value is -2.70. The summed E-state index contributed by atoms with van der Waals surface area (Å²) >= 11 is 0. The van der Waals surface area contributed by atoms with E-state index in [1.54, 1.807) is 6.92 Å². The minimum Gasteiger partial charge on any atom is -0.268 e. The lowest BCUT2D eigenvalue weighted by atomic mass is 10.3. The van der Waals surface area contributed by atoms with Gasteiger partial charge in [-0.25, -0.2) is 9.36 Å². The van der Waals surface area contributed by atoms with Gasteiger partial charge in [-0.1, -0.05) is 0 Å². The molecule has 0 saturated heterocycles. The van der Waals surface area contributed by atoms with Crippen LogP contribution in [-0.2, 0) is 6.54 Å². The SMILES string of the molecule is CCn1c(=O)ccc(=O)n1-c1ccc([N+](=O)[O-])cc1. The topological polar surface area (TPSA) is 87.1 Å². The average molecular weight is 261 g/mol. The van der Waals surface area contributed by atoms with E-state index in [2.05, 4.69) is 0 Å². The van der Waals surface area contributed by atoms with Gasteiger partial charge in [0.1, 0.15) is 0 Å². The molecule has 0 unspecified atom stereocenters. The number of benzene rings is 1. The van der Waals surface area contributed by atoms with Crippen molar-refractivity contribution in [2.45, 2.75) is 13.5 Å². The van der Waals surface area contributed by atoms with Gasteiger partial charge in [0.05, 0.1) is 10.6 Å². The monoisotopic (exact) mass is 261 g/mol. The van der Waals surface area contributed by atoms with E-state index in [1.165, 1.54) is 45.8 Å². The molecule has 0 N–H and O–H groups in total. The maximum atomic E-state index is 11.8. The van der Waals surface area contributed by atoms with Crippen molar-refractivity contribution in [2.75, 3.05) is 0 Å². The maximum absolute atomic E-state index is 11.8. The van der Waals surface area contributed by atoms with Gasteiger partial charge in [-0.05, 0) is 19.1 Å². The van der Waals surface area contributed by atoms with Crippen molar-refractivity contribution in [1.82, 2.24) is 9.36 Å². The third-order valence-electron chi connectivity index (χ3n) is 2.68. The van der Waals surface area contributed by atoms with Crippen LogP contribution in [0.3, 0.4) is 0 Å². The van der Waals surface area contributed by atoms with Crippen LogP contribution in [0.4, 0.5) is 5.69 Å². The molecule has 0 aliphatic carbocycles. The number of nitro groups is 1. The lowest BCUT2D eigenvalue weighted by Gasteiger charge is -2.12. The molecule has 1 aromatic carbocycles. The Balaban J connectivity index is 2.65. The smallest absolute Gasteiger partial charge is 0.268 e. The van der Waals surface area contributed by atoms with Crippen LogP contribution in [0.15, 0.2) is 46.0 Å². The molecule has 0 aliphatic rings. The summed E-state index contributed by atoms with van der Waals surface area (Å²) in [6.07, 6.45) is 0. The zero-order chi connectivity index (χ0) is 14.0. The molecule has 0 atom stereocenters. The molecule has 0 spiro atoms. The minimum atomic E-state index is -0.523. The van der Waals surface area contributed by atoms with Crippen molar-refractivity contribution in [2.24, 2.45) is 0 Å². The number of rotatable bonds is 3. The Labute approximate surface area is 107 Å². The first-order valence-corrected chi connectivity index (χ1v) is 5.62. The second-order valence-electron chi connectivity index (χ2n) is 3.81. The number of nitrogens with zero attached hydrogens (tertiary/aromatic N) is 3. The molecule has 0 fully saturated rings. The van der Waals surface area contributed by atoms with E-state index in [4.69, 9.17) is 0 Å². The Morgan fingerprint density at radius 3 is 2.16 bits per heavy atom. The van der Waals surface area contributed by atoms with Crippen molar-refractivity contribution in [1.29, 1.82) is 0 Å². The zero-order valence-corrected chi connectivity index (χ0v) is 10.1. The van der Waals surface area contributed by atoms with Gasteiger partial charge in [-0.15, -0.1) is 0 Å². The van der Waals surface area contributed by atoms with Crippen molar-refractivity contribution >= 4 is 5.69 Å². The van der Waals surface area contributed by atoms with Gasteiger partial charge in [-0.3, -0.25) is 19.7 Å². The number of non-ortho nitro benzene ring substituents is 1. The lowest BCUT2D eigenvalue weighted by Crippen LogP contribution is -2.35. The number of hydrogen-bond donors (Lipinski definition) is 0. The van der Waals surface area contributed by atoms with Gasteiger partial charge in [-0.2, -0.15) is 0 Å². The third-order valence-corrected chi connectivity index (χ3v) is 2.68. The van der Waals surface area contributed by atoms with Crippen LogP contribution in [0.1, 0.15) is 6.92 Å². The Kier molecular flexibility index (Phi) is 3.28. The molecule has 0 aliphatic heterocycles. The van der Waals surface area contributed by atoms with Crippen LogP contribution in [0.2, 0.25) is 0 Å². The molecule has 2 rings (SSSR count). The first kappa shape index (κ1) is 12.7. The predicted molar refractivity (Wildman–Crippen MR) is 68.6 cm³/mol. The summed E-state index contributed by atoms with van der Waals surface area (Å²) < 4.78 is 2.47. The fraction of sp³-hybridized carbons (Fsp3) is 0.167. The van der Waals surface area contributed by atoms with Gasteiger partial charge in [0.25, 0.3) is 16.8 Å². The summed E-state index contributed by atoms with van der Waals surface area (Å²) in [6, 6.07) is 7.83. The molecular formula is C12H11N3O4. The first-order chi connectivity index (χ1) is 9.04. The molecule has 7 heteroatoms. The Morgan fingerprint density at radius 1 is 1.05 bits per heavy atom. The van der Waals surface area contributed by atoms with Gasteiger partial charge in [0.2, 0.25) is 0 Å². The quantitative estimate of drug-likeness (QED) is 0.607. The maximum Gasteiger partial charge on any atom is 0.270 e. The average Bonchev–Trinajstić information content (AvgIpc) is 2.41. The number of nitro benzene ring substituents is 1. The van der Waals surface area contributed by atoms with Gasteiger partial charge in [0.15, 0.2) is 0 Å². The molecule has 0 bridgehead atoms. The second-order valence-corrected chi connectivity index (χ2v) is 3.81. The van der Waals surface area contributed by atoms with Crippen molar-refractivity contribution < 1.29 is 4.92 Å². The van der Waals surface area contributed by atoms with Crippen LogP contribution in [0.5, 0.6) is 0 Å². The predicted octanol–water partition coefficient (Wildman–Crippen LogP) is 0.927. The summed E-state index contributed by atoms with van der Waals surface area (Å²) in [5.74, 6) is 0. The fourth-order valence-corrected chi connectivity index (χ4v) is 1.80. The van der Waals surface area contributed by atoms with Crippen molar-refractivity contribution in [3.63, 3.8) is 0 Å². The molecule has 0 saturated carbocycles. The summed E-state index contributed by atoms with van der Waals surface area (Å²) in [6.45, 7) is 2.06. The van der Waals surface area contributed by atoms with Gasteiger partial charge < -0.3 is 0 Å². The molecular weight excluding hydrogens is 250 g/mol. The third kappa shape index (κ3) is 2.30. The minimum absolute atomic E-state index is 0.0712. The highest BCUT2D eigenvalue weighted by Crippen LogP contribution is 2.13. The van der Waals surface area contributed by atoms with Gasteiger partial charge >= 0.3 is 0 Å². The molecule has 1 heterocycles. The summed E-state index contributed by atoms with van der Waals surface area (Å²) in [7, 11) is 0. The highest BCUT2D eigenvalue weighted by molar-refractivity contribution is 5.40.